The zero-order valence-corrected chi connectivity index (χ0v) is 21.0. The third-order valence-corrected chi connectivity index (χ3v) is 7.16. The van der Waals surface area contributed by atoms with Gasteiger partial charge >= 0.3 is 6.03 Å². The smallest absolute Gasteiger partial charge is 0.335 e. The zero-order chi connectivity index (χ0) is 25.0. The molecule has 35 heavy (non-hydrogen) atoms. The molecule has 2 aliphatic heterocycles. The van der Waals surface area contributed by atoms with Gasteiger partial charge in [0.1, 0.15) is 5.75 Å². The predicted molar refractivity (Wildman–Crippen MR) is 138 cm³/mol. The van der Waals surface area contributed by atoms with Gasteiger partial charge < -0.3 is 4.74 Å². The van der Waals surface area contributed by atoms with Crippen molar-refractivity contribution in [3.05, 3.63) is 95.1 Å². The molecule has 5 heteroatoms. The molecule has 2 aliphatic rings. The van der Waals surface area contributed by atoms with Gasteiger partial charge in [0.05, 0.1) is 6.04 Å². The van der Waals surface area contributed by atoms with Crippen molar-refractivity contribution >= 4 is 17.6 Å². The van der Waals surface area contributed by atoms with Gasteiger partial charge in [0.25, 0.3) is 5.91 Å². The molecule has 180 valence electrons. The van der Waals surface area contributed by atoms with Gasteiger partial charge in [-0.15, -0.1) is 0 Å². The number of hydrogen-bond donors (Lipinski definition) is 0. The largest absolute Gasteiger partial charge is 0.467 e. The highest BCUT2D eigenvalue weighted by Gasteiger charge is 2.55. The molecule has 0 spiro atoms. The van der Waals surface area contributed by atoms with Crippen molar-refractivity contribution in [3.63, 3.8) is 0 Å². The molecular weight excluding hydrogens is 436 g/mol. The Labute approximate surface area is 207 Å². The molecule has 0 aromatic heterocycles. The number of anilines is 1. The first kappa shape index (κ1) is 23.2. The van der Waals surface area contributed by atoms with Gasteiger partial charge in [0, 0.05) is 23.2 Å². The second-order valence-corrected chi connectivity index (χ2v) is 10.7. The van der Waals surface area contributed by atoms with Crippen LogP contribution in [0.5, 0.6) is 5.75 Å². The van der Waals surface area contributed by atoms with Gasteiger partial charge in [-0.05, 0) is 60.2 Å². The van der Waals surface area contributed by atoms with Crippen molar-refractivity contribution in [2.75, 3.05) is 4.90 Å². The summed E-state index contributed by atoms with van der Waals surface area (Å²) in [6.07, 6.45) is 1.33. The minimum atomic E-state index is -0.907. The molecule has 1 saturated heterocycles. The summed E-state index contributed by atoms with van der Waals surface area (Å²) in [6, 6.07) is 22.5. The third-order valence-electron chi connectivity index (χ3n) is 7.16. The Balaban J connectivity index is 1.62. The van der Waals surface area contributed by atoms with Crippen LogP contribution in [-0.4, -0.2) is 22.6 Å². The van der Waals surface area contributed by atoms with Gasteiger partial charge in [-0.2, -0.15) is 0 Å². The lowest BCUT2D eigenvalue weighted by molar-refractivity contribution is 0.00267. The lowest BCUT2D eigenvalue weighted by Crippen LogP contribution is -2.67. The average Bonchev–Trinajstić information content (AvgIpc) is 2.83. The molecule has 0 radical (unpaired) electrons. The van der Waals surface area contributed by atoms with Gasteiger partial charge in [-0.25, -0.2) is 4.79 Å². The van der Waals surface area contributed by atoms with Crippen LogP contribution in [0.25, 0.3) is 0 Å². The Morgan fingerprint density at radius 1 is 1.03 bits per heavy atom. The number of amides is 3. The van der Waals surface area contributed by atoms with E-state index in [-0.39, 0.29) is 17.4 Å². The van der Waals surface area contributed by atoms with Crippen LogP contribution < -0.4 is 9.64 Å². The van der Waals surface area contributed by atoms with Crippen LogP contribution in [-0.2, 0) is 11.8 Å². The number of aryl methyl sites for hydroxylation is 1. The number of carbonyl (C=O) groups is 2. The monoisotopic (exact) mass is 468 g/mol. The standard InChI is InChI=1S/C30H32N2O3/c1-6-20-10-9-11-23(18-20)32-28(34)31(27(33)21-14-16-22(17-15-21)29(2,3)4)25-19-30(32,5)35-26-13-8-7-12-24(25)26/h7-18,25H,6,19H2,1-5H3. The molecule has 5 nitrogen and oxygen atoms in total. The van der Waals surface area contributed by atoms with E-state index in [4.69, 9.17) is 4.74 Å². The maximum atomic E-state index is 14.1. The Kier molecular flexibility index (Phi) is 5.47. The van der Waals surface area contributed by atoms with E-state index in [0.717, 1.165) is 28.8 Å². The SMILES string of the molecule is CCc1cccc(N2C(=O)N(C(=O)c3ccc(C(C)(C)C)cc3)C3CC2(C)Oc2ccccc23)c1. The summed E-state index contributed by atoms with van der Waals surface area (Å²) in [5.74, 6) is 0.409. The number of imide groups is 1. The molecule has 2 atom stereocenters. The van der Waals surface area contributed by atoms with Crippen molar-refractivity contribution < 1.29 is 14.3 Å². The van der Waals surface area contributed by atoms with Crippen LogP contribution in [0.2, 0.25) is 0 Å². The quantitative estimate of drug-likeness (QED) is 0.421. The van der Waals surface area contributed by atoms with E-state index in [9.17, 15) is 9.59 Å². The zero-order valence-electron chi connectivity index (χ0n) is 21.0. The first-order chi connectivity index (χ1) is 16.6. The number of ether oxygens (including phenoxy) is 1. The minimum absolute atomic E-state index is 0.0227. The summed E-state index contributed by atoms with van der Waals surface area (Å²) in [4.78, 5) is 31.1. The molecule has 2 unspecified atom stereocenters. The number of benzene rings is 3. The van der Waals surface area contributed by atoms with Gasteiger partial charge in [-0.1, -0.05) is 70.2 Å². The summed E-state index contributed by atoms with van der Waals surface area (Å²) >= 11 is 0. The predicted octanol–water partition coefficient (Wildman–Crippen LogP) is 6.87. The minimum Gasteiger partial charge on any atom is -0.467 e. The van der Waals surface area contributed by atoms with Crippen molar-refractivity contribution in [2.24, 2.45) is 0 Å². The first-order valence-electron chi connectivity index (χ1n) is 12.3. The summed E-state index contributed by atoms with van der Waals surface area (Å²) in [5, 5.41) is 0. The number of hydrogen-bond acceptors (Lipinski definition) is 3. The second kappa shape index (κ2) is 8.26. The maximum absolute atomic E-state index is 14.1. The number of nitrogens with zero attached hydrogens (tertiary/aromatic N) is 2. The van der Waals surface area contributed by atoms with Crippen molar-refractivity contribution in [2.45, 2.75) is 64.6 Å². The highest BCUT2D eigenvalue weighted by atomic mass is 16.5. The summed E-state index contributed by atoms with van der Waals surface area (Å²) in [7, 11) is 0. The van der Waals surface area contributed by atoms with E-state index >= 15 is 0 Å². The second-order valence-electron chi connectivity index (χ2n) is 10.7. The Bertz CT molecular complexity index is 1290. The lowest BCUT2D eigenvalue weighted by Gasteiger charge is -2.53. The molecule has 0 N–H and O–H groups in total. The van der Waals surface area contributed by atoms with Crippen LogP contribution in [0.4, 0.5) is 10.5 Å². The number of para-hydroxylation sites is 1. The molecule has 0 saturated carbocycles. The highest BCUT2D eigenvalue weighted by molar-refractivity contribution is 6.10. The maximum Gasteiger partial charge on any atom is 0.335 e. The number of rotatable bonds is 3. The van der Waals surface area contributed by atoms with Crippen LogP contribution in [0.1, 0.15) is 74.1 Å². The van der Waals surface area contributed by atoms with E-state index in [1.165, 1.54) is 4.90 Å². The first-order valence-corrected chi connectivity index (χ1v) is 12.3. The Morgan fingerprint density at radius 2 is 1.74 bits per heavy atom. The molecule has 2 heterocycles. The van der Waals surface area contributed by atoms with E-state index in [1.807, 2.05) is 79.7 Å². The van der Waals surface area contributed by atoms with E-state index in [1.54, 1.807) is 4.90 Å². The van der Waals surface area contributed by atoms with Gasteiger partial charge in [-0.3, -0.25) is 14.6 Å². The van der Waals surface area contributed by atoms with Crippen LogP contribution in [0.15, 0.2) is 72.8 Å². The van der Waals surface area contributed by atoms with E-state index < -0.39 is 11.8 Å². The van der Waals surface area contributed by atoms with Crippen LogP contribution >= 0.6 is 0 Å². The molecule has 1 fully saturated rings. The Morgan fingerprint density at radius 3 is 2.43 bits per heavy atom. The third kappa shape index (κ3) is 3.89. The molecule has 5 rings (SSSR count). The van der Waals surface area contributed by atoms with Crippen molar-refractivity contribution in [1.82, 2.24) is 4.90 Å². The van der Waals surface area contributed by atoms with Crippen molar-refractivity contribution in [3.8, 4) is 5.75 Å². The number of fused-ring (bicyclic) bond motifs is 4. The lowest BCUT2D eigenvalue weighted by atomic mass is 9.86. The molecule has 3 aromatic rings. The van der Waals surface area contributed by atoms with E-state index in [0.29, 0.717) is 17.7 Å². The van der Waals surface area contributed by atoms with Crippen LogP contribution in [0.3, 0.4) is 0 Å². The Hall–Kier alpha value is -3.60. The van der Waals surface area contributed by atoms with Gasteiger partial charge in [0.2, 0.25) is 0 Å². The average molecular weight is 469 g/mol. The molecule has 2 bridgehead atoms. The molecule has 0 aliphatic carbocycles. The highest BCUT2D eigenvalue weighted by Crippen LogP contribution is 2.49. The van der Waals surface area contributed by atoms with Crippen LogP contribution in [0, 0.1) is 0 Å². The molecule has 3 amide bonds. The fourth-order valence-corrected chi connectivity index (χ4v) is 5.19. The molecular formula is C30H32N2O3. The number of urea groups is 1. The fraction of sp³-hybridized carbons (Fsp3) is 0.333. The summed E-state index contributed by atoms with van der Waals surface area (Å²) in [6.45, 7) is 10.4. The fourth-order valence-electron chi connectivity index (χ4n) is 5.19. The normalized spacial score (nSPS) is 21.4. The number of carbonyl (C=O) groups excluding carboxylic acids is 2. The summed E-state index contributed by atoms with van der Waals surface area (Å²) in [5.41, 5.74) is 3.42. The van der Waals surface area contributed by atoms with Crippen molar-refractivity contribution in [1.29, 1.82) is 0 Å². The van der Waals surface area contributed by atoms with Gasteiger partial charge in [0.15, 0.2) is 5.72 Å². The molecule has 3 aromatic carbocycles. The topological polar surface area (TPSA) is 49.9 Å². The van der Waals surface area contributed by atoms with E-state index in [2.05, 4.69) is 27.7 Å². The summed E-state index contributed by atoms with van der Waals surface area (Å²) < 4.78 is 6.46.